The van der Waals surface area contributed by atoms with E-state index in [0.29, 0.717) is 18.3 Å². The number of nitrogens with zero attached hydrogens (tertiary/aromatic N) is 3. The maximum atomic E-state index is 5.54. The number of hydrogen-bond donors (Lipinski definition) is 0. The first-order chi connectivity index (χ1) is 12.7. The Morgan fingerprint density at radius 2 is 2.08 bits per heavy atom. The number of benzene rings is 1. The Morgan fingerprint density at radius 1 is 1.27 bits per heavy atom. The lowest BCUT2D eigenvalue weighted by atomic mass is 9.91. The van der Waals surface area contributed by atoms with Crippen molar-refractivity contribution in [1.29, 1.82) is 0 Å². The third-order valence-electron chi connectivity index (χ3n) is 4.69. The molecule has 0 unspecified atom stereocenters. The molecular weight excluding hydrogens is 350 g/mol. The van der Waals surface area contributed by atoms with Gasteiger partial charge in [0, 0.05) is 11.4 Å². The number of fused-ring (bicyclic) bond motifs is 1. The Morgan fingerprint density at radius 3 is 2.73 bits per heavy atom. The molecule has 4 rings (SSSR count). The van der Waals surface area contributed by atoms with Crippen molar-refractivity contribution in [1.82, 2.24) is 15.0 Å². The average molecular weight is 371 g/mol. The van der Waals surface area contributed by atoms with Crippen LogP contribution in [0.3, 0.4) is 0 Å². The minimum Gasteiger partial charge on any atom is -0.493 e. The maximum absolute atomic E-state index is 5.54. The molecule has 7 heteroatoms. The van der Waals surface area contributed by atoms with Gasteiger partial charge >= 0.3 is 0 Å². The number of thiophene rings is 1. The second kappa shape index (κ2) is 7.09. The van der Waals surface area contributed by atoms with Crippen LogP contribution in [0, 0.1) is 6.92 Å². The summed E-state index contributed by atoms with van der Waals surface area (Å²) in [6.45, 7) is 3.37. The van der Waals surface area contributed by atoms with Crippen molar-refractivity contribution >= 4 is 11.3 Å². The third kappa shape index (κ3) is 3.08. The lowest BCUT2D eigenvalue weighted by molar-refractivity contribution is 0.179. The Labute approximate surface area is 156 Å². The van der Waals surface area contributed by atoms with E-state index >= 15 is 0 Å². The van der Waals surface area contributed by atoms with Crippen molar-refractivity contribution in [3.8, 4) is 11.5 Å². The summed E-state index contributed by atoms with van der Waals surface area (Å²) < 4.78 is 16.4. The first kappa shape index (κ1) is 17.1. The van der Waals surface area contributed by atoms with Gasteiger partial charge in [0.25, 0.3) is 0 Å². The highest BCUT2D eigenvalue weighted by Gasteiger charge is 2.32. The number of hydrogen-bond acceptors (Lipinski definition) is 7. The van der Waals surface area contributed by atoms with Gasteiger partial charge in [-0.2, -0.15) is 4.98 Å². The molecule has 1 atom stereocenters. The Balaban J connectivity index is 1.76. The molecule has 0 bridgehead atoms. The van der Waals surface area contributed by atoms with Gasteiger partial charge in [-0.15, -0.1) is 11.3 Å². The summed E-state index contributed by atoms with van der Waals surface area (Å²) in [5.74, 6) is 2.84. The summed E-state index contributed by atoms with van der Waals surface area (Å²) in [5.41, 5.74) is 2.53. The molecular formula is C19H21N3O3S. The average Bonchev–Trinajstić information content (AvgIpc) is 3.32. The molecule has 0 radical (unpaired) electrons. The monoisotopic (exact) mass is 371 g/mol. The summed E-state index contributed by atoms with van der Waals surface area (Å²) in [6, 6.07) is 8.59. The molecule has 0 amide bonds. The molecule has 2 aromatic heterocycles. The number of aromatic nitrogens is 2. The van der Waals surface area contributed by atoms with E-state index in [2.05, 4.69) is 44.7 Å². The van der Waals surface area contributed by atoms with Gasteiger partial charge < -0.3 is 14.0 Å². The third-order valence-corrected chi connectivity index (χ3v) is 5.62. The molecule has 0 fully saturated rings. The number of ether oxygens (including phenoxy) is 2. The molecule has 26 heavy (non-hydrogen) atoms. The van der Waals surface area contributed by atoms with Crippen LogP contribution in [0.2, 0.25) is 0 Å². The van der Waals surface area contributed by atoms with Crippen LogP contribution in [0.25, 0.3) is 0 Å². The van der Waals surface area contributed by atoms with Gasteiger partial charge in [-0.3, -0.25) is 4.90 Å². The second-order valence-electron chi connectivity index (χ2n) is 6.28. The number of aryl methyl sites for hydroxylation is 1. The molecule has 0 spiro atoms. The molecule has 1 aliphatic rings. The molecule has 6 nitrogen and oxygen atoms in total. The minimum atomic E-state index is 0.130. The van der Waals surface area contributed by atoms with Crippen molar-refractivity contribution in [2.24, 2.45) is 0 Å². The van der Waals surface area contributed by atoms with Crippen LogP contribution in [0.1, 0.15) is 33.8 Å². The molecule has 1 aromatic carbocycles. The Kier molecular flexibility index (Phi) is 4.65. The van der Waals surface area contributed by atoms with Crippen LogP contribution in [0.5, 0.6) is 11.5 Å². The van der Waals surface area contributed by atoms with Crippen LogP contribution in [-0.4, -0.2) is 35.8 Å². The first-order valence-corrected chi connectivity index (χ1v) is 9.39. The molecule has 3 aromatic rings. The van der Waals surface area contributed by atoms with E-state index in [1.54, 1.807) is 25.6 Å². The van der Waals surface area contributed by atoms with Gasteiger partial charge in [-0.05, 0) is 48.1 Å². The smallest absolute Gasteiger partial charge is 0.240 e. The molecule has 0 saturated heterocycles. The highest BCUT2D eigenvalue weighted by Crippen LogP contribution is 2.42. The zero-order valence-corrected chi connectivity index (χ0v) is 15.9. The molecule has 0 aliphatic carbocycles. The summed E-state index contributed by atoms with van der Waals surface area (Å²) in [5, 5.41) is 6.03. The highest BCUT2D eigenvalue weighted by atomic mass is 32.1. The fraction of sp³-hybridized carbons (Fsp3) is 0.368. The van der Waals surface area contributed by atoms with Gasteiger partial charge in [0.15, 0.2) is 17.3 Å². The van der Waals surface area contributed by atoms with Gasteiger partial charge in [-0.25, -0.2) is 0 Å². The van der Waals surface area contributed by atoms with E-state index in [4.69, 9.17) is 14.0 Å². The van der Waals surface area contributed by atoms with E-state index in [0.717, 1.165) is 24.5 Å². The predicted molar refractivity (Wildman–Crippen MR) is 98.9 cm³/mol. The summed E-state index contributed by atoms with van der Waals surface area (Å²) in [6.07, 6.45) is 0.935. The van der Waals surface area contributed by atoms with Crippen molar-refractivity contribution in [2.45, 2.75) is 25.9 Å². The van der Waals surface area contributed by atoms with Crippen LogP contribution in [-0.2, 0) is 13.0 Å². The maximum Gasteiger partial charge on any atom is 0.240 e. The molecule has 0 saturated carbocycles. The van der Waals surface area contributed by atoms with E-state index in [1.165, 1.54) is 16.0 Å². The van der Waals surface area contributed by atoms with Crippen LogP contribution < -0.4 is 9.47 Å². The van der Waals surface area contributed by atoms with Gasteiger partial charge in [0.05, 0.1) is 26.8 Å². The Hall–Kier alpha value is -2.38. The van der Waals surface area contributed by atoms with E-state index in [1.807, 2.05) is 6.92 Å². The minimum absolute atomic E-state index is 0.130. The van der Waals surface area contributed by atoms with Gasteiger partial charge in [-0.1, -0.05) is 11.2 Å². The van der Waals surface area contributed by atoms with Crippen LogP contribution >= 0.6 is 11.3 Å². The predicted octanol–water partition coefficient (Wildman–Crippen LogP) is 3.60. The second-order valence-corrected chi connectivity index (χ2v) is 7.26. The fourth-order valence-electron chi connectivity index (χ4n) is 3.53. The zero-order chi connectivity index (χ0) is 18.1. The summed E-state index contributed by atoms with van der Waals surface area (Å²) >= 11 is 1.76. The van der Waals surface area contributed by atoms with Crippen LogP contribution in [0.15, 0.2) is 34.2 Å². The van der Waals surface area contributed by atoms with Gasteiger partial charge in [0.2, 0.25) is 5.89 Å². The highest BCUT2D eigenvalue weighted by molar-refractivity contribution is 7.10. The van der Waals surface area contributed by atoms with E-state index < -0.39 is 0 Å². The molecule has 3 heterocycles. The normalized spacial score (nSPS) is 17.1. The molecule has 136 valence electrons. The fourth-order valence-corrected chi connectivity index (χ4v) is 4.40. The van der Waals surface area contributed by atoms with Crippen molar-refractivity contribution in [3.05, 3.63) is 57.4 Å². The summed E-state index contributed by atoms with van der Waals surface area (Å²) in [7, 11) is 3.35. The number of methoxy groups -OCH3 is 2. The number of rotatable bonds is 5. The topological polar surface area (TPSA) is 60.6 Å². The molecule has 0 N–H and O–H groups in total. The largest absolute Gasteiger partial charge is 0.493 e. The van der Waals surface area contributed by atoms with Gasteiger partial charge in [0.1, 0.15) is 0 Å². The SMILES string of the molecule is COc1cc2c(cc1OC)[C@@H](c1cccs1)N(Cc1nc(C)no1)CC2. The van der Waals surface area contributed by atoms with Crippen molar-refractivity contribution in [3.63, 3.8) is 0 Å². The van der Waals surface area contributed by atoms with Crippen molar-refractivity contribution < 1.29 is 14.0 Å². The molecule has 1 aliphatic heterocycles. The lowest BCUT2D eigenvalue weighted by Gasteiger charge is -2.36. The van der Waals surface area contributed by atoms with Crippen molar-refractivity contribution in [2.75, 3.05) is 20.8 Å². The first-order valence-electron chi connectivity index (χ1n) is 8.51. The zero-order valence-electron chi connectivity index (χ0n) is 15.1. The summed E-state index contributed by atoms with van der Waals surface area (Å²) in [4.78, 5) is 8.05. The van der Waals surface area contributed by atoms with E-state index in [-0.39, 0.29) is 6.04 Å². The van der Waals surface area contributed by atoms with Crippen LogP contribution in [0.4, 0.5) is 0 Å². The van der Waals surface area contributed by atoms with E-state index in [9.17, 15) is 0 Å². The standard InChI is InChI=1S/C19H21N3O3S/c1-12-20-18(25-21-12)11-22-7-6-13-9-15(23-2)16(24-3)10-14(13)19(22)17-5-4-8-26-17/h4-5,8-10,19H,6-7,11H2,1-3H3/t19-/m0/s1. The quantitative estimate of drug-likeness (QED) is 0.683. The lowest BCUT2D eigenvalue weighted by Crippen LogP contribution is -2.35. The Bertz CT molecular complexity index is 892.